The molecule has 9 nitrogen and oxygen atoms in total. The first-order chi connectivity index (χ1) is 20.5. The second kappa shape index (κ2) is 13.5. The van der Waals surface area contributed by atoms with E-state index in [0.29, 0.717) is 75.0 Å². The van der Waals surface area contributed by atoms with Crippen molar-refractivity contribution < 1.29 is 23.9 Å². The van der Waals surface area contributed by atoms with Gasteiger partial charge in [-0.1, -0.05) is 37.3 Å². The number of methoxy groups -OCH3 is 1. The lowest BCUT2D eigenvalue weighted by Gasteiger charge is -2.38. The van der Waals surface area contributed by atoms with E-state index < -0.39 is 0 Å². The second-order valence-electron chi connectivity index (χ2n) is 10.5. The molecule has 2 heterocycles. The second-order valence-corrected chi connectivity index (χ2v) is 10.5. The Bertz CT molecular complexity index is 1380. The lowest BCUT2D eigenvalue weighted by molar-refractivity contribution is -0.133. The first-order valence-corrected chi connectivity index (χ1v) is 14.5. The van der Waals surface area contributed by atoms with E-state index in [1.807, 2.05) is 54.3 Å². The van der Waals surface area contributed by atoms with Crippen molar-refractivity contribution >= 4 is 29.1 Å². The van der Waals surface area contributed by atoms with Crippen LogP contribution in [0.25, 0.3) is 0 Å². The standard InChI is InChI=1S/C33H38N4O5/c1-3-28(24-7-5-4-6-8-24)32(39)36-17-15-35(16-18-36)30-14-11-26(23-29(30)33(40)37-19-21-42-22-20-37)34-31(38)25-9-12-27(41-2)13-10-25/h4-14,23,28H,3,15-22H2,1-2H3,(H,34,38). The number of benzene rings is 3. The molecule has 9 heteroatoms. The Morgan fingerprint density at radius 3 is 2.19 bits per heavy atom. The van der Waals surface area contributed by atoms with Gasteiger partial charge in [-0.05, 0) is 54.4 Å². The van der Waals surface area contributed by atoms with Crippen LogP contribution < -0.4 is 15.0 Å². The van der Waals surface area contributed by atoms with E-state index in [9.17, 15) is 14.4 Å². The lowest BCUT2D eigenvalue weighted by Crippen LogP contribution is -2.50. The molecule has 1 unspecified atom stereocenters. The number of morpholine rings is 1. The minimum atomic E-state index is -0.272. The SMILES string of the molecule is CCC(C(=O)N1CCN(c2ccc(NC(=O)c3ccc(OC)cc3)cc2C(=O)N2CCOCC2)CC1)c1ccccc1. The Morgan fingerprint density at radius 1 is 0.857 bits per heavy atom. The van der Waals surface area contributed by atoms with Crippen LogP contribution in [0.4, 0.5) is 11.4 Å². The van der Waals surface area contributed by atoms with Crippen molar-refractivity contribution in [2.24, 2.45) is 0 Å². The number of hydrogen-bond acceptors (Lipinski definition) is 6. The summed E-state index contributed by atoms with van der Waals surface area (Å²) in [5.41, 5.74) is 3.40. The molecule has 2 saturated heterocycles. The number of rotatable bonds is 8. The number of piperazine rings is 1. The quantitative estimate of drug-likeness (QED) is 0.435. The molecule has 0 radical (unpaired) electrons. The van der Waals surface area contributed by atoms with Crippen LogP contribution in [0.1, 0.15) is 45.5 Å². The Kier molecular flexibility index (Phi) is 9.38. The van der Waals surface area contributed by atoms with Crippen LogP contribution in [-0.2, 0) is 9.53 Å². The highest BCUT2D eigenvalue weighted by molar-refractivity contribution is 6.06. The summed E-state index contributed by atoms with van der Waals surface area (Å²) in [4.78, 5) is 46.0. The molecular weight excluding hydrogens is 532 g/mol. The Hall–Kier alpha value is -4.37. The van der Waals surface area contributed by atoms with Crippen LogP contribution in [-0.4, -0.2) is 87.1 Å². The van der Waals surface area contributed by atoms with Crippen LogP contribution in [0.3, 0.4) is 0 Å². The van der Waals surface area contributed by atoms with Gasteiger partial charge in [-0.25, -0.2) is 0 Å². The van der Waals surface area contributed by atoms with E-state index in [0.717, 1.165) is 17.7 Å². The van der Waals surface area contributed by atoms with Crippen molar-refractivity contribution in [3.05, 3.63) is 89.5 Å². The van der Waals surface area contributed by atoms with Gasteiger partial charge in [-0.2, -0.15) is 0 Å². The summed E-state index contributed by atoms with van der Waals surface area (Å²) in [6.07, 6.45) is 0.741. The van der Waals surface area contributed by atoms with Gasteiger partial charge in [0.1, 0.15) is 5.75 Å². The third kappa shape index (κ3) is 6.57. The van der Waals surface area contributed by atoms with Crippen molar-refractivity contribution in [3.63, 3.8) is 0 Å². The minimum absolute atomic E-state index is 0.0949. The number of nitrogens with one attached hydrogen (secondary N) is 1. The van der Waals surface area contributed by atoms with Gasteiger partial charge in [0, 0.05) is 56.2 Å². The maximum absolute atomic E-state index is 13.8. The fraction of sp³-hybridized carbons (Fsp3) is 0.364. The maximum Gasteiger partial charge on any atom is 0.256 e. The van der Waals surface area contributed by atoms with E-state index in [4.69, 9.17) is 9.47 Å². The number of nitrogens with zero attached hydrogens (tertiary/aromatic N) is 3. The number of anilines is 2. The molecule has 0 aromatic heterocycles. The zero-order chi connectivity index (χ0) is 29.5. The monoisotopic (exact) mass is 570 g/mol. The van der Waals surface area contributed by atoms with Gasteiger partial charge in [0.25, 0.3) is 11.8 Å². The highest BCUT2D eigenvalue weighted by Gasteiger charge is 2.30. The van der Waals surface area contributed by atoms with Crippen molar-refractivity contribution in [3.8, 4) is 5.75 Å². The summed E-state index contributed by atoms with van der Waals surface area (Å²) < 4.78 is 10.6. The van der Waals surface area contributed by atoms with Gasteiger partial charge < -0.3 is 29.5 Å². The predicted octanol–water partition coefficient (Wildman–Crippen LogP) is 4.26. The highest BCUT2D eigenvalue weighted by atomic mass is 16.5. The summed E-state index contributed by atoms with van der Waals surface area (Å²) in [6, 6.07) is 22.3. The van der Waals surface area contributed by atoms with Crippen molar-refractivity contribution in [1.82, 2.24) is 9.80 Å². The van der Waals surface area contributed by atoms with Crippen molar-refractivity contribution in [2.75, 3.05) is 69.8 Å². The molecule has 5 rings (SSSR count). The molecule has 0 aliphatic carbocycles. The number of hydrogen-bond donors (Lipinski definition) is 1. The van der Waals surface area contributed by atoms with Gasteiger partial charge in [-0.3, -0.25) is 14.4 Å². The maximum atomic E-state index is 13.8. The Morgan fingerprint density at radius 2 is 1.55 bits per heavy atom. The zero-order valence-electron chi connectivity index (χ0n) is 24.3. The first-order valence-electron chi connectivity index (χ1n) is 14.5. The highest BCUT2D eigenvalue weighted by Crippen LogP contribution is 2.29. The van der Waals surface area contributed by atoms with Crippen LogP contribution in [0.15, 0.2) is 72.8 Å². The summed E-state index contributed by atoms with van der Waals surface area (Å²) in [5.74, 6) is 0.282. The summed E-state index contributed by atoms with van der Waals surface area (Å²) >= 11 is 0. The third-order valence-electron chi connectivity index (χ3n) is 7.98. The number of ether oxygens (including phenoxy) is 2. The van der Waals surface area contributed by atoms with Gasteiger partial charge >= 0.3 is 0 Å². The molecule has 2 fully saturated rings. The molecule has 3 amide bonds. The lowest BCUT2D eigenvalue weighted by atomic mass is 9.94. The van der Waals surface area contributed by atoms with Crippen molar-refractivity contribution in [1.29, 1.82) is 0 Å². The largest absolute Gasteiger partial charge is 0.497 e. The predicted molar refractivity (Wildman–Crippen MR) is 162 cm³/mol. The fourth-order valence-corrected chi connectivity index (χ4v) is 5.57. The van der Waals surface area contributed by atoms with Gasteiger partial charge in [0.15, 0.2) is 0 Å². The Labute approximate surface area is 247 Å². The molecule has 1 N–H and O–H groups in total. The molecule has 42 heavy (non-hydrogen) atoms. The van der Waals surface area contributed by atoms with Crippen molar-refractivity contribution in [2.45, 2.75) is 19.3 Å². The molecule has 0 spiro atoms. The topological polar surface area (TPSA) is 91.4 Å². The average molecular weight is 571 g/mol. The molecular formula is C33H38N4O5. The molecule has 2 aliphatic heterocycles. The van der Waals surface area contributed by atoms with Crippen LogP contribution in [0.5, 0.6) is 5.75 Å². The molecule has 2 aliphatic rings. The third-order valence-corrected chi connectivity index (χ3v) is 7.98. The van der Waals surface area contributed by atoms with E-state index in [-0.39, 0.29) is 23.6 Å². The summed E-state index contributed by atoms with van der Waals surface area (Å²) in [5, 5.41) is 2.93. The van der Waals surface area contributed by atoms with Gasteiger partial charge in [0.05, 0.1) is 31.8 Å². The van der Waals surface area contributed by atoms with E-state index in [2.05, 4.69) is 10.2 Å². The molecule has 1 atom stereocenters. The van der Waals surface area contributed by atoms with Crippen LogP contribution in [0, 0.1) is 0 Å². The van der Waals surface area contributed by atoms with E-state index in [1.165, 1.54) is 0 Å². The zero-order valence-corrected chi connectivity index (χ0v) is 24.3. The van der Waals surface area contributed by atoms with Crippen LogP contribution in [0.2, 0.25) is 0 Å². The normalized spacial score (nSPS) is 16.1. The molecule has 3 aromatic carbocycles. The molecule has 220 valence electrons. The first kappa shape index (κ1) is 29.1. The van der Waals surface area contributed by atoms with Gasteiger partial charge in [0.2, 0.25) is 5.91 Å². The average Bonchev–Trinajstić information content (AvgIpc) is 3.05. The number of carbonyl (C=O) groups is 3. The summed E-state index contributed by atoms with van der Waals surface area (Å²) in [7, 11) is 1.58. The minimum Gasteiger partial charge on any atom is -0.497 e. The fourth-order valence-electron chi connectivity index (χ4n) is 5.57. The Balaban J connectivity index is 1.33. The van der Waals surface area contributed by atoms with Crippen LogP contribution >= 0.6 is 0 Å². The van der Waals surface area contributed by atoms with E-state index >= 15 is 0 Å². The van der Waals surface area contributed by atoms with Gasteiger partial charge in [-0.15, -0.1) is 0 Å². The number of amides is 3. The molecule has 3 aromatic rings. The molecule has 0 saturated carbocycles. The van der Waals surface area contributed by atoms with E-state index in [1.54, 1.807) is 42.3 Å². The molecule has 0 bridgehead atoms. The summed E-state index contributed by atoms with van der Waals surface area (Å²) in [6.45, 7) is 6.43. The smallest absolute Gasteiger partial charge is 0.256 e. The number of carbonyl (C=O) groups excluding carboxylic acids is 3.